The van der Waals surface area contributed by atoms with E-state index in [-0.39, 0.29) is 6.61 Å². The number of methoxy groups -OCH3 is 1. The molecule has 2 aliphatic heterocycles. The molecule has 0 saturated carbocycles. The third-order valence-electron chi connectivity index (χ3n) is 6.20. The van der Waals surface area contributed by atoms with E-state index < -0.39 is 0 Å². The lowest BCUT2D eigenvalue weighted by Gasteiger charge is -2.40. The second-order valence-electron chi connectivity index (χ2n) is 8.15. The number of fused-ring (bicyclic) bond motifs is 1. The summed E-state index contributed by atoms with van der Waals surface area (Å²) in [6, 6.07) is 17.0. The van der Waals surface area contributed by atoms with Crippen molar-refractivity contribution >= 4 is 22.3 Å². The smallest absolute Gasteiger partial charge is 0.121 e. The first-order valence-electron chi connectivity index (χ1n) is 10.7. The van der Waals surface area contributed by atoms with Crippen molar-refractivity contribution in [1.82, 2.24) is 10.3 Å². The van der Waals surface area contributed by atoms with E-state index in [1.54, 1.807) is 7.11 Å². The lowest BCUT2D eigenvalue weighted by atomic mass is 9.98. The molecule has 3 heterocycles. The van der Waals surface area contributed by atoms with E-state index in [1.165, 1.54) is 11.4 Å². The highest BCUT2D eigenvalue weighted by molar-refractivity contribution is 5.95. The molecular formula is C24H28N4O2. The van der Waals surface area contributed by atoms with Gasteiger partial charge in [-0.2, -0.15) is 0 Å². The van der Waals surface area contributed by atoms with Crippen LogP contribution in [0.5, 0.6) is 5.75 Å². The van der Waals surface area contributed by atoms with Gasteiger partial charge in [-0.3, -0.25) is 0 Å². The van der Waals surface area contributed by atoms with Gasteiger partial charge in [-0.25, -0.2) is 4.98 Å². The Morgan fingerprint density at radius 1 is 1.03 bits per heavy atom. The molecule has 2 N–H and O–H groups in total. The molecule has 2 fully saturated rings. The standard InChI is InChI=1S/C24H28N4O2/c1-30-20-6-7-21-23(12-20)26-22(13-24(21)28-14-17(15-28)16-29)18-2-4-19(5-3-18)27-10-8-25-9-11-27/h2-7,12-13,17,25,29H,8-11,14-16H2,1H3. The Labute approximate surface area is 177 Å². The number of aliphatic hydroxyl groups excluding tert-OH is 1. The number of pyridine rings is 1. The highest BCUT2D eigenvalue weighted by atomic mass is 16.5. The Kier molecular flexibility index (Phi) is 5.19. The first-order chi connectivity index (χ1) is 14.7. The van der Waals surface area contributed by atoms with Crippen molar-refractivity contribution in [1.29, 1.82) is 0 Å². The summed E-state index contributed by atoms with van der Waals surface area (Å²) >= 11 is 0. The largest absolute Gasteiger partial charge is 0.497 e. The molecule has 2 aromatic carbocycles. The van der Waals surface area contributed by atoms with Gasteiger partial charge in [-0.15, -0.1) is 0 Å². The molecule has 2 saturated heterocycles. The van der Waals surface area contributed by atoms with E-state index in [0.717, 1.165) is 67.2 Å². The first kappa shape index (κ1) is 19.2. The van der Waals surface area contributed by atoms with E-state index in [4.69, 9.17) is 9.72 Å². The molecule has 0 bridgehead atoms. The molecule has 0 spiro atoms. The number of rotatable bonds is 5. The Balaban J connectivity index is 1.51. The van der Waals surface area contributed by atoms with Gasteiger partial charge >= 0.3 is 0 Å². The van der Waals surface area contributed by atoms with Crippen LogP contribution in [0.25, 0.3) is 22.2 Å². The molecule has 3 aromatic rings. The predicted molar refractivity (Wildman–Crippen MR) is 122 cm³/mol. The minimum atomic E-state index is 0.244. The lowest BCUT2D eigenvalue weighted by molar-refractivity contribution is 0.201. The predicted octanol–water partition coefficient (Wildman–Crippen LogP) is 2.75. The fourth-order valence-corrected chi connectivity index (χ4v) is 4.37. The third-order valence-corrected chi connectivity index (χ3v) is 6.20. The lowest BCUT2D eigenvalue weighted by Crippen LogP contribution is -2.48. The normalized spacial score (nSPS) is 17.3. The van der Waals surface area contributed by atoms with E-state index in [1.807, 2.05) is 12.1 Å². The molecule has 0 amide bonds. The average molecular weight is 405 g/mol. The third kappa shape index (κ3) is 3.57. The molecule has 2 aliphatic rings. The molecular weight excluding hydrogens is 376 g/mol. The number of ether oxygens (including phenoxy) is 1. The molecule has 0 aliphatic carbocycles. The van der Waals surface area contributed by atoms with E-state index in [2.05, 4.69) is 51.5 Å². The van der Waals surface area contributed by atoms with Gasteiger partial charge in [0.2, 0.25) is 0 Å². The van der Waals surface area contributed by atoms with Gasteiger partial charge in [0.25, 0.3) is 0 Å². The topological polar surface area (TPSA) is 60.9 Å². The summed E-state index contributed by atoms with van der Waals surface area (Å²) in [5.41, 5.74) is 5.44. The number of benzene rings is 2. The van der Waals surface area contributed by atoms with Gasteiger partial charge in [0.15, 0.2) is 0 Å². The molecule has 0 radical (unpaired) electrons. The van der Waals surface area contributed by atoms with Gasteiger partial charge in [0.1, 0.15) is 5.75 Å². The van der Waals surface area contributed by atoms with Crippen molar-refractivity contribution in [2.45, 2.75) is 0 Å². The Morgan fingerprint density at radius 3 is 2.50 bits per heavy atom. The molecule has 6 heteroatoms. The summed E-state index contributed by atoms with van der Waals surface area (Å²) in [7, 11) is 1.68. The van der Waals surface area contributed by atoms with Crippen molar-refractivity contribution in [3.63, 3.8) is 0 Å². The van der Waals surface area contributed by atoms with Crippen LogP contribution in [0.1, 0.15) is 0 Å². The summed E-state index contributed by atoms with van der Waals surface area (Å²) in [5.74, 6) is 1.16. The maximum Gasteiger partial charge on any atom is 0.121 e. The Bertz CT molecular complexity index is 1030. The van der Waals surface area contributed by atoms with E-state index in [0.29, 0.717) is 5.92 Å². The van der Waals surface area contributed by atoms with Crippen molar-refractivity contribution < 1.29 is 9.84 Å². The van der Waals surface area contributed by atoms with Crippen LogP contribution in [0, 0.1) is 5.92 Å². The van der Waals surface area contributed by atoms with Gasteiger partial charge in [0, 0.05) is 80.2 Å². The number of piperazine rings is 1. The SMILES string of the molecule is COc1ccc2c(N3CC(CO)C3)cc(-c3ccc(N4CCNCC4)cc3)nc2c1. The molecule has 5 rings (SSSR count). The number of aromatic nitrogens is 1. The maximum absolute atomic E-state index is 9.43. The van der Waals surface area contributed by atoms with Crippen LogP contribution in [-0.2, 0) is 0 Å². The quantitative estimate of drug-likeness (QED) is 0.682. The number of nitrogens with zero attached hydrogens (tertiary/aromatic N) is 3. The van der Waals surface area contributed by atoms with Crippen LogP contribution in [0.4, 0.5) is 11.4 Å². The molecule has 6 nitrogen and oxygen atoms in total. The number of anilines is 2. The van der Waals surface area contributed by atoms with Gasteiger partial charge in [-0.1, -0.05) is 12.1 Å². The fourth-order valence-electron chi connectivity index (χ4n) is 4.37. The van der Waals surface area contributed by atoms with Crippen LogP contribution < -0.4 is 19.9 Å². The van der Waals surface area contributed by atoms with Gasteiger partial charge in [0.05, 0.1) is 18.3 Å². The molecule has 0 atom stereocenters. The average Bonchev–Trinajstić information content (AvgIpc) is 2.78. The Morgan fingerprint density at radius 2 is 1.80 bits per heavy atom. The Hall–Kier alpha value is -2.83. The summed E-state index contributed by atoms with van der Waals surface area (Å²) in [4.78, 5) is 9.70. The van der Waals surface area contributed by atoms with Crippen LogP contribution in [0.3, 0.4) is 0 Å². The fraction of sp³-hybridized carbons (Fsp3) is 0.375. The molecule has 30 heavy (non-hydrogen) atoms. The zero-order chi connectivity index (χ0) is 20.5. The summed E-state index contributed by atoms with van der Waals surface area (Å²) in [6.45, 7) is 6.14. The van der Waals surface area contributed by atoms with Crippen LogP contribution in [0.15, 0.2) is 48.5 Å². The molecule has 0 unspecified atom stereocenters. The van der Waals surface area contributed by atoms with Crippen molar-refractivity contribution in [2.75, 3.05) is 62.8 Å². The number of hydrogen-bond acceptors (Lipinski definition) is 6. The number of nitrogens with one attached hydrogen (secondary N) is 1. The molecule has 1 aromatic heterocycles. The zero-order valence-electron chi connectivity index (χ0n) is 17.3. The van der Waals surface area contributed by atoms with E-state index in [9.17, 15) is 5.11 Å². The second-order valence-corrected chi connectivity index (χ2v) is 8.15. The van der Waals surface area contributed by atoms with E-state index >= 15 is 0 Å². The monoisotopic (exact) mass is 404 g/mol. The van der Waals surface area contributed by atoms with Crippen LogP contribution >= 0.6 is 0 Å². The van der Waals surface area contributed by atoms with Gasteiger partial charge < -0.3 is 25.0 Å². The van der Waals surface area contributed by atoms with Gasteiger partial charge in [-0.05, 0) is 30.3 Å². The van der Waals surface area contributed by atoms with Crippen molar-refractivity contribution in [3.05, 3.63) is 48.5 Å². The minimum absolute atomic E-state index is 0.244. The number of aliphatic hydroxyl groups is 1. The molecule has 156 valence electrons. The number of hydrogen-bond donors (Lipinski definition) is 2. The minimum Gasteiger partial charge on any atom is -0.497 e. The highest BCUT2D eigenvalue weighted by Gasteiger charge is 2.28. The highest BCUT2D eigenvalue weighted by Crippen LogP contribution is 2.36. The summed E-state index contributed by atoms with van der Waals surface area (Å²) in [5, 5.41) is 14.0. The van der Waals surface area contributed by atoms with Crippen LogP contribution in [0.2, 0.25) is 0 Å². The summed E-state index contributed by atoms with van der Waals surface area (Å²) < 4.78 is 5.43. The van der Waals surface area contributed by atoms with Crippen molar-refractivity contribution in [3.8, 4) is 17.0 Å². The second kappa shape index (κ2) is 8.13. The summed E-state index contributed by atoms with van der Waals surface area (Å²) in [6.07, 6.45) is 0. The van der Waals surface area contributed by atoms with Crippen LogP contribution in [-0.4, -0.2) is 63.1 Å². The maximum atomic E-state index is 9.43. The first-order valence-corrected chi connectivity index (χ1v) is 10.7. The van der Waals surface area contributed by atoms with Crippen molar-refractivity contribution in [2.24, 2.45) is 5.92 Å². The zero-order valence-corrected chi connectivity index (χ0v) is 17.3.